The Kier molecular flexibility index (Phi) is 12.2. The molecule has 0 saturated heterocycles. The summed E-state index contributed by atoms with van der Waals surface area (Å²) in [5.41, 5.74) is 3.51. The first-order chi connectivity index (χ1) is 19.3. The first-order valence-electron chi connectivity index (χ1n) is 12.0. The van der Waals surface area contributed by atoms with Crippen LogP contribution in [-0.2, 0) is 10.8 Å². The van der Waals surface area contributed by atoms with Gasteiger partial charge in [-0.05, 0) is 198 Å². The van der Waals surface area contributed by atoms with Crippen LogP contribution in [0.2, 0.25) is 0 Å². The Balaban J connectivity index is 0.000000230. The third kappa shape index (κ3) is 7.82. The van der Waals surface area contributed by atoms with Gasteiger partial charge in [-0.3, -0.25) is 0 Å². The number of halogens is 8. The molecule has 0 heterocycles. The number of phenols is 4. The van der Waals surface area contributed by atoms with Crippen molar-refractivity contribution in [3.63, 3.8) is 0 Å². The number of phenolic OH excluding ortho intramolecular Hbond substituents is 4. The van der Waals surface area contributed by atoms with Crippen LogP contribution in [0.25, 0.3) is 0 Å². The SMILES string of the molecule is CC(C)(c1cc(Br)c(O)c(Br)c1)c1cc(Br)c(O)c(Br)c1.CC(C)(c1cc(Br)c(O)c(Br)c1)c1cc(Br)c(O)c(Br)c1. The van der Waals surface area contributed by atoms with E-state index in [1.807, 2.05) is 48.5 Å². The molecule has 4 aromatic rings. The zero-order valence-electron chi connectivity index (χ0n) is 22.4. The third-order valence-electron chi connectivity index (χ3n) is 6.95. The van der Waals surface area contributed by atoms with Gasteiger partial charge in [0.05, 0.1) is 35.8 Å². The zero-order chi connectivity index (χ0) is 31.9. The maximum Gasteiger partial charge on any atom is 0.143 e. The Morgan fingerprint density at radius 2 is 0.452 bits per heavy atom. The van der Waals surface area contributed by atoms with Crippen molar-refractivity contribution in [1.82, 2.24) is 0 Å². The van der Waals surface area contributed by atoms with Gasteiger partial charge in [0, 0.05) is 10.8 Å². The highest BCUT2D eigenvalue weighted by Gasteiger charge is 2.28. The molecule has 0 amide bonds. The highest BCUT2D eigenvalue weighted by atomic mass is 79.9. The molecule has 0 atom stereocenters. The summed E-state index contributed by atoms with van der Waals surface area (Å²) in [5, 5.41) is 39.4. The van der Waals surface area contributed by atoms with E-state index in [1.165, 1.54) is 0 Å². The Morgan fingerprint density at radius 3 is 0.571 bits per heavy atom. The Bertz CT molecular complexity index is 1330. The lowest BCUT2D eigenvalue weighted by atomic mass is 9.78. The van der Waals surface area contributed by atoms with E-state index in [9.17, 15) is 20.4 Å². The minimum absolute atomic E-state index is 0.183. The van der Waals surface area contributed by atoms with Gasteiger partial charge in [-0.15, -0.1) is 0 Å². The van der Waals surface area contributed by atoms with Gasteiger partial charge < -0.3 is 20.4 Å². The van der Waals surface area contributed by atoms with Gasteiger partial charge in [-0.25, -0.2) is 0 Å². The molecular weight excluding hydrogens is 1060 g/mol. The van der Waals surface area contributed by atoms with E-state index >= 15 is 0 Å². The van der Waals surface area contributed by atoms with E-state index in [2.05, 4.69) is 155 Å². The van der Waals surface area contributed by atoms with Crippen LogP contribution in [0.5, 0.6) is 23.0 Å². The summed E-state index contributed by atoms with van der Waals surface area (Å²) in [6.07, 6.45) is 0. The topological polar surface area (TPSA) is 80.9 Å². The van der Waals surface area contributed by atoms with Crippen molar-refractivity contribution in [2.75, 3.05) is 0 Å². The van der Waals surface area contributed by atoms with Crippen LogP contribution in [0.4, 0.5) is 0 Å². The highest BCUT2D eigenvalue weighted by molar-refractivity contribution is 9.12. The molecule has 0 saturated carbocycles. The molecule has 4 aromatic carbocycles. The molecule has 0 aromatic heterocycles. The van der Waals surface area contributed by atoms with Crippen molar-refractivity contribution in [3.8, 4) is 23.0 Å². The molecule has 4 rings (SSSR count). The molecule has 0 spiro atoms. The molecule has 0 radical (unpaired) electrons. The van der Waals surface area contributed by atoms with Gasteiger partial charge in [0.25, 0.3) is 0 Å². The van der Waals surface area contributed by atoms with E-state index in [1.54, 1.807) is 0 Å². The molecule has 12 heteroatoms. The Labute approximate surface area is 312 Å². The van der Waals surface area contributed by atoms with Gasteiger partial charge in [0.2, 0.25) is 0 Å². The molecule has 0 bridgehead atoms. The van der Waals surface area contributed by atoms with Gasteiger partial charge in [0.1, 0.15) is 23.0 Å². The van der Waals surface area contributed by atoms with Crippen LogP contribution in [0.15, 0.2) is 84.3 Å². The van der Waals surface area contributed by atoms with Crippen LogP contribution in [0.1, 0.15) is 49.9 Å². The van der Waals surface area contributed by atoms with Crippen molar-refractivity contribution in [1.29, 1.82) is 0 Å². The van der Waals surface area contributed by atoms with Crippen LogP contribution < -0.4 is 0 Å². The number of aromatic hydroxyl groups is 4. The fourth-order valence-corrected chi connectivity index (χ4v) is 8.78. The summed E-state index contributed by atoms with van der Waals surface area (Å²) < 4.78 is 5.09. The fourth-order valence-electron chi connectivity index (χ4n) is 4.04. The maximum absolute atomic E-state index is 9.85. The molecule has 42 heavy (non-hydrogen) atoms. The third-order valence-corrected chi connectivity index (χ3v) is 11.8. The fraction of sp³-hybridized carbons (Fsp3) is 0.200. The molecule has 4 nitrogen and oxygen atoms in total. The lowest BCUT2D eigenvalue weighted by molar-refractivity contribution is 0.465. The molecule has 0 aliphatic carbocycles. The minimum Gasteiger partial charge on any atom is -0.506 e. The van der Waals surface area contributed by atoms with Gasteiger partial charge in [-0.2, -0.15) is 0 Å². The Morgan fingerprint density at radius 1 is 0.333 bits per heavy atom. The van der Waals surface area contributed by atoms with Gasteiger partial charge >= 0.3 is 0 Å². The van der Waals surface area contributed by atoms with Crippen LogP contribution in [0.3, 0.4) is 0 Å². The summed E-state index contributed by atoms with van der Waals surface area (Å²) >= 11 is 26.9. The molecule has 0 fully saturated rings. The Hall–Kier alpha value is -0.0800. The minimum atomic E-state index is -0.308. The smallest absolute Gasteiger partial charge is 0.143 e. The highest BCUT2D eigenvalue weighted by Crippen LogP contribution is 2.45. The normalized spacial score (nSPS) is 11.7. The lowest BCUT2D eigenvalue weighted by Crippen LogP contribution is -2.19. The number of rotatable bonds is 4. The molecule has 0 unspecified atom stereocenters. The van der Waals surface area contributed by atoms with Crippen molar-refractivity contribution >= 4 is 127 Å². The number of hydrogen-bond acceptors (Lipinski definition) is 4. The molecular formula is C30H24Br8O4. The first-order valence-corrected chi connectivity index (χ1v) is 18.4. The van der Waals surface area contributed by atoms with Crippen LogP contribution in [-0.4, -0.2) is 20.4 Å². The predicted molar refractivity (Wildman–Crippen MR) is 198 cm³/mol. The molecule has 0 aliphatic heterocycles. The predicted octanol–water partition coefficient (Wildman–Crippen LogP) is 12.9. The molecule has 0 aliphatic rings. The van der Waals surface area contributed by atoms with Crippen molar-refractivity contribution in [3.05, 3.63) is 107 Å². The summed E-state index contributed by atoms with van der Waals surface area (Å²) in [6, 6.07) is 15.2. The van der Waals surface area contributed by atoms with E-state index in [0.29, 0.717) is 35.8 Å². The lowest BCUT2D eigenvalue weighted by Gasteiger charge is -2.27. The summed E-state index contributed by atoms with van der Waals surface area (Å²) in [4.78, 5) is 0. The second kappa shape index (κ2) is 14.1. The average Bonchev–Trinajstić information content (AvgIpc) is 2.91. The quantitative estimate of drug-likeness (QED) is 0.164. The second-order valence-electron chi connectivity index (χ2n) is 10.4. The molecule has 4 N–H and O–H groups in total. The second-order valence-corrected chi connectivity index (χ2v) is 17.2. The van der Waals surface area contributed by atoms with Crippen molar-refractivity contribution < 1.29 is 20.4 Å². The van der Waals surface area contributed by atoms with E-state index in [-0.39, 0.29) is 33.8 Å². The zero-order valence-corrected chi connectivity index (χ0v) is 35.1. The van der Waals surface area contributed by atoms with E-state index in [4.69, 9.17) is 0 Å². The monoisotopic (exact) mass is 1080 g/mol. The van der Waals surface area contributed by atoms with E-state index < -0.39 is 0 Å². The van der Waals surface area contributed by atoms with Gasteiger partial charge in [0.15, 0.2) is 0 Å². The summed E-state index contributed by atoms with van der Waals surface area (Å²) in [7, 11) is 0. The van der Waals surface area contributed by atoms with Crippen LogP contribution >= 0.6 is 127 Å². The largest absolute Gasteiger partial charge is 0.506 e. The number of hydrogen-bond donors (Lipinski definition) is 4. The average molecular weight is 1090 g/mol. The molecule has 224 valence electrons. The summed E-state index contributed by atoms with van der Waals surface area (Å²) in [5.74, 6) is 0.732. The van der Waals surface area contributed by atoms with E-state index in [0.717, 1.165) is 22.3 Å². The van der Waals surface area contributed by atoms with Crippen molar-refractivity contribution in [2.24, 2.45) is 0 Å². The first kappa shape index (κ1) is 36.4. The summed E-state index contributed by atoms with van der Waals surface area (Å²) in [6.45, 7) is 8.35. The standard InChI is InChI=1S/2C15H12Br4O2/c2*1-15(2,7-3-9(16)13(20)10(17)4-7)8-5-11(18)14(21)12(19)6-8/h2*3-6,20-21H,1-2H3. The van der Waals surface area contributed by atoms with Crippen LogP contribution in [0, 0.1) is 0 Å². The van der Waals surface area contributed by atoms with Crippen molar-refractivity contribution in [2.45, 2.75) is 38.5 Å². The number of benzene rings is 4. The van der Waals surface area contributed by atoms with Gasteiger partial charge in [-0.1, -0.05) is 27.7 Å². The maximum atomic E-state index is 9.85.